The molecule has 0 fully saturated rings. The van der Waals surface area contributed by atoms with Crippen molar-refractivity contribution < 1.29 is 14.3 Å². The van der Waals surface area contributed by atoms with Gasteiger partial charge in [-0.05, 0) is 32.4 Å². The minimum absolute atomic E-state index is 0.0224. The average molecular weight is 277 g/mol. The third-order valence-electron chi connectivity index (χ3n) is 3.33. The Morgan fingerprint density at radius 3 is 2.30 bits per heavy atom. The fourth-order valence-corrected chi connectivity index (χ4v) is 2.07. The summed E-state index contributed by atoms with van der Waals surface area (Å²) < 4.78 is 4.72. The molecule has 0 aromatic heterocycles. The minimum atomic E-state index is -0.338. The number of ether oxygens (including phenoxy) is 1. The monoisotopic (exact) mass is 277 g/mol. The van der Waals surface area contributed by atoms with E-state index < -0.39 is 0 Å². The summed E-state index contributed by atoms with van der Waals surface area (Å²) in [5, 5.41) is 0. The smallest absolute Gasteiger partial charge is 0.310 e. The van der Waals surface area contributed by atoms with Gasteiger partial charge < -0.3 is 9.64 Å². The lowest BCUT2D eigenvalue weighted by Crippen LogP contribution is -2.42. The molecule has 4 nitrogen and oxygen atoms in total. The first-order valence-corrected chi connectivity index (χ1v) is 6.82. The molecule has 1 amide bonds. The molecule has 0 heterocycles. The summed E-state index contributed by atoms with van der Waals surface area (Å²) in [6.07, 6.45) is 0. The van der Waals surface area contributed by atoms with Crippen molar-refractivity contribution in [2.24, 2.45) is 5.92 Å². The Morgan fingerprint density at radius 1 is 1.20 bits per heavy atom. The number of hydrogen-bond donors (Lipinski definition) is 0. The number of methoxy groups -OCH3 is 1. The van der Waals surface area contributed by atoms with Crippen LogP contribution in [0.1, 0.15) is 36.7 Å². The quantitative estimate of drug-likeness (QED) is 0.777. The van der Waals surface area contributed by atoms with Crippen LogP contribution in [0.15, 0.2) is 24.3 Å². The second-order valence-corrected chi connectivity index (χ2v) is 5.29. The van der Waals surface area contributed by atoms with Crippen LogP contribution in [0.25, 0.3) is 0 Å². The van der Waals surface area contributed by atoms with E-state index in [9.17, 15) is 9.59 Å². The predicted molar refractivity (Wildman–Crippen MR) is 78.5 cm³/mol. The lowest BCUT2D eigenvalue weighted by Gasteiger charge is -2.29. The lowest BCUT2D eigenvalue weighted by atomic mass is 10.1. The molecule has 110 valence electrons. The molecule has 20 heavy (non-hydrogen) atoms. The molecule has 0 saturated heterocycles. The van der Waals surface area contributed by atoms with E-state index in [0.717, 1.165) is 5.56 Å². The van der Waals surface area contributed by atoms with E-state index in [0.29, 0.717) is 12.1 Å². The fourth-order valence-electron chi connectivity index (χ4n) is 2.07. The first-order valence-electron chi connectivity index (χ1n) is 6.82. The van der Waals surface area contributed by atoms with Crippen LogP contribution in [-0.4, -0.2) is 36.5 Å². The molecule has 0 bridgehead atoms. The Kier molecular flexibility index (Phi) is 5.74. The van der Waals surface area contributed by atoms with Gasteiger partial charge in [0, 0.05) is 18.2 Å². The largest absolute Gasteiger partial charge is 0.469 e. The number of esters is 1. The number of carbonyl (C=O) groups is 2. The van der Waals surface area contributed by atoms with Gasteiger partial charge in [0.2, 0.25) is 0 Å². The maximum atomic E-state index is 12.6. The molecule has 0 aliphatic carbocycles. The normalized spacial score (nSPS) is 12.1. The highest BCUT2D eigenvalue weighted by molar-refractivity contribution is 5.96. The highest BCUT2D eigenvalue weighted by atomic mass is 16.5. The van der Waals surface area contributed by atoms with Gasteiger partial charge in [0.1, 0.15) is 0 Å². The Balaban J connectivity index is 2.95. The molecular formula is C16H23NO3. The topological polar surface area (TPSA) is 46.6 Å². The van der Waals surface area contributed by atoms with E-state index >= 15 is 0 Å². The highest BCUT2D eigenvalue weighted by Gasteiger charge is 2.25. The second kappa shape index (κ2) is 7.08. The van der Waals surface area contributed by atoms with Gasteiger partial charge in [-0.25, -0.2) is 0 Å². The van der Waals surface area contributed by atoms with Crippen molar-refractivity contribution in [1.29, 1.82) is 0 Å². The Hall–Kier alpha value is -1.84. The molecule has 0 aliphatic heterocycles. The van der Waals surface area contributed by atoms with Crippen molar-refractivity contribution in [3.8, 4) is 0 Å². The summed E-state index contributed by atoms with van der Waals surface area (Å²) in [7, 11) is 1.36. The third-order valence-corrected chi connectivity index (χ3v) is 3.33. The first-order chi connectivity index (χ1) is 9.38. The van der Waals surface area contributed by atoms with E-state index in [1.165, 1.54) is 7.11 Å². The number of nitrogens with zero attached hydrogens (tertiary/aromatic N) is 1. The third kappa shape index (κ3) is 3.83. The van der Waals surface area contributed by atoms with Gasteiger partial charge in [0.15, 0.2) is 0 Å². The molecule has 4 heteroatoms. The van der Waals surface area contributed by atoms with Gasteiger partial charge in [-0.2, -0.15) is 0 Å². The van der Waals surface area contributed by atoms with E-state index in [2.05, 4.69) is 0 Å². The molecule has 1 aromatic carbocycles. The summed E-state index contributed by atoms with van der Waals surface area (Å²) in [6.45, 7) is 7.93. The summed E-state index contributed by atoms with van der Waals surface area (Å²) in [5.74, 6) is -0.683. The second-order valence-electron chi connectivity index (χ2n) is 5.29. The van der Waals surface area contributed by atoms with E-state index in [4.69, 9.17) is 4.74 Å². The number of carbonyl (C=O) groups excluding carboxylic acids is 2. The molecular weight excluding hydrogens is 254 g/mol. The maximum absolute atomic E-state index is 12.6. The number of aryl methyl sites for hydroxylation is 1. The van der Waals surface area contributed by atoms with Crippen LogP contribution in [0, 0.1) is 12.8 Å². The summed E-state index contributed by atoms with van der Waals surface area (Å²) in [4.78, 5) is 25.9. The average Bonchev–Trinajstić information content (AvgIpc) is 2.43. The van der Waals surface area contributed by atoms with Crippen LogP contribution in [0.4, 0.5) is 0 Å². The minimum Gasteiger partial charge on any atom is -0.469 e. The lowest BCUT2D eigenvalue weighted by molar-refractivity contribution is -0.145. The summed E-state index contributed by atoms with van der Waals surface area (Å²) >= 11 is 0. The van der Waals surface area contributed by atoms with Crippen molar-refractivity contribution in [2.75, 3.05) is 13.7 Å². The number of amides is 1. The van der Waals surface area contributed by atoms with Crippen LogP contribution in [-0.2, 0) is 9.53 Å². The molecule has 0 saturated carbocycles. The zero-order valence-corrected chi connectivity index (χ0v) is 12.8. The van der Waals surface area contributed by atoms with Crippen molar-refractivity contribution in [3.63, 3.8) is 0 Å². The van der Waals surface area contributed by atoms with E-state index in [1.54, 1.807) is 11.8 Å². The van der Waals surface area contributed by atoms with Gasteiger partial charge in [-0.15, -0.1) is 0 Å². The standard InChI is InChI=1S/C16H23NO3/c1-11(2)17(10-13(4)16(19)20-5)15(18)14-9-7-6-8-12(14)3/h6-9,11,13H,10H2,1-5H3. The molecule has 0 spiro atoms. The molecule has 1 unspecified atom stereocenters. The van der Waals surface area contributed by atoms with Gasteiger partial charge in [0.05, 0.1) is 13.0 Å². The van der Waals surface area contributed by atoms with Crippen molar-refractivity contribution in [1.82, 2.24) is 4.90 Å². The number of rotatable bonds is 5. The van der Waals surface area contributed by atoms with Gasteiger partial charge >= 0.3 is 5.97 Å². The Bertz CT molecular complexity index is 482. The zero-order chi connectivity index (χ0) is 15.3. The highest BCUT2D eigenvalue weighted by Crippen LogP contribution is 2.15. The van der Waals surface area contributed by atoms with E-state index in [1.807, 2.05) is 45.0 Å². The van der Waals surface area contributed by atoms with Crippen LogP contribution < -0.4 is 0 Å². The van der Waals surface area contributed by atoms with Gasteiger partial charge in [-0.3, -0.25) is 9.59 Å². The molecule has 1 aromatic rings. The molecule has 0 aliphatic rings. The van der Waals surface area contributed by atoms with Crippen LogP contribution in [0.3, 0.4) is 0 Å². The predicted octanol–water partition coefficient (Wildman–Crippen LogP) is 2.65. The maximum Gasteiger partial charge on any atom is 0.310 e. The SMILES string of the molecule is COC(=O)C(C)CN(C(=O)c1ccccc1C)C(C)C. The van der Waals surface area contributed by atoms with E-state index in [-0.39, 0.29) is 23.8 Å². The molecule has 1 atom stereocenters. The van der Waals surface area contributed by atoms with Crippen molar-refractivity contribution in [2.45, 2.75) is 33.7 Å². The number of benzene rings is 1. The van der Waals surface area contributed by atoms with Crippen molar-refractivity contribution in [3.05, 3.63) is 35.4 Å². The summed E-state index contributed by atoms with van der Waals surface area (Å²) in [5.41, 5.74) is 1.62. The van der Waals surface area contributed by atoms with Crippen LogP contribution in [0.2, 0.25) is 0 Å². The van der Waals surface area contributed by atoms with Crippen LogP contribution >= 0.6 is 0 Å². The molecule has 0 radical (unpaired) electrons. The van der Waals surface area contributed by atoms with Gasteiger partial charge in [0.25, 0.3) is 5.91 Å². The van der Waals surface area contributed by atoms with Gasteiger partial charge in [-0.1, -0.05) is 25.1 Å². The molecule has 0 N–H and O–H groups in total. The Labute approximate surface area is 120 Å². The van der Waals surface area contributed by atoms with Crippen molar-refractivity contribution >= 4 is 11.9 Å². The molecule has 1 rings (SSSR count). The first kappa shape index (κ1) is 16.2. The number of hydrogen-bond acceptors (Lipinski definition) is 3. The summed E-state index contributed by atoms with van der Waals surface area (Å²) in [6, 6.07) is 7.51. The zero-order valence-electron chi connectivity index (χ0n) is 12.8. The van der Waals surface area contributed by atoms with Crippen LogP contribution in [0.5, 0.6) is 0 Å². The Morgan fingerprint density at radius 2 is 1.80 bits per heavy atom. The fraction of sp³-hybridized carbons (Fsp3) is 0.500.